The third kappa shape index (κ3) is 20.8. The van der Waals surface area contributed by atoms with Gasteiger partial charge in [-0.05, 0) is 38.5 Å². The lowest BCUT2D eigenvalue weighted by Gasteiger charge is -2.18. The second-order valence-corrected chi connectivity index (χ2v) is 16.4. The normalized spacial score (nSPS) is 24.3. The highest BCUT2D eigenvalue weighted by Gasteiger charge is 2.40. The first-order valence-electron chi connectivity index (χ1n) is 22.1. The standard InChI is InChI=1S/C45H76O11/c1-3-5-13-19-33(46)25-27-38-36(40(49)29-42(38)51)21-15-9-7-11-17-23-44(53)55-31-35(48)32-56-45(54)24-18-12-8-10-16-22-37-39(43(52)30-41(37)50)28-26-34(47)20-14-6-4-2/h25-28,33-39,42-43,46-48,51-52H,3-24,29-32H2,1-2H3/t33?,34?,35?,36-,37-,38?,39?,42?,43?/m1/s1. The molecule has 2 fully saturated rings. The summed E-state index contributed by atoms with van der Waals surface area (Å²) in [6.45, 7) is 3.75. The summed E-state index contributed by atoms with van der Waals surface area (Å²) in [5.74, 6) is -1.59. The van der Waals surface area contributed by atoms with Crippen molar-refractivity contribution in [2.75, 3.05) is 13.2 Å². The predicted molar refractivity (Wildman–Crippen MR) is 216 cm³/mol. The van der Waals surface area contributed by atoms with Gasteiger partial charge in [0.15, 0.2) is 0 Å². The van der Waals surface area contributed by atoms with E-state index in [9.17, 15) is 44.7 Å². The molecule has 0 aliphatic heterocycles. The molecule has 0 aromatic rings. The Morgan fingerprint density at radius 1 is 0.589 bits per heavy atom. The van der Waals surface area contributed by atoms with E-state index in [0.29, 0.717) is 38.5 Å². The number of carbonyl (C=O) groups excluding carboxylic acids is 4. The Balaban J connectivity index is 1.47. The van der Waals surface area contributed by atoms with Crippen LogP contribution in [0, 0.1) is 23.7 Å². The molecule has 2 saturated carbocycles. The van der Waals surface area contributed by atoms with Crippen molar-refractivity contribution in [2.45, 2.75) is 198 Å². The summed E-state index contributed by atoms with van der Waals surface area (Å²) in [5.41, 5.74) is 0. The van der Waals surface area contributed by atoms with Crippen LogP contribution in [0.2, 0.25) is 0 Å². The van der Waals surface area contributed by atoms with Crippen LogP contribution in [0.5, 0.6) is 0 Å². The van der Waals surface area contributed by atoms with Crippen molar-refractivity contribution in [2.24, 2.45) is 23.7 Å². The summed E-state index contributed by atoms with van der Waals surface area (Å²) in [6.07, 6.45) is 21.6. The van der Waals surface area contributed by atoms with E-state index in [0.717, 1.165) is 89.9 Å². The molecule has 11 nitrogen and oxygen atoms in total. The van der Waals surface area contributed by atoms with Crippen molar-refractivity contribution in [1.82, 2.24) is 0 Å². The molecule has 6 unspecified atom stereocenters. The van der Waals surface area contributed by atoms with Gasteiger partial charge in [-0.3, -0.25) is 19.2 Å². The lowest BCUT2D eigenvalue weighted by atomic mass is 9.88. The van der Waals surface area contributed by atoms with E-state index in [2.05, 4.69) is 13.8 Å². The fraction of sp³-hybridized carbons (Fsp3) is 0.822. The summed E-state index contributed by atoms with van der Waals surface area (Å²) in [6, 6.07) is 0. The zero-order valence-electron chi connectivity index (χ0n) is 34.6. The van der Waals surface area contributed by atoms with Crippen LogP contribution in [0.25, 0.3) is 0 Å². The van der Waals surface area contributed by atoms with E-state index in [4.69, 9.17) is 9.47 Å². The molecular weight excluding hydrogens is 716 g/mol. The van der Waals surface area contributed by atoms with Gasteiger partial charge < -0.3 is 35.0 Å². The number of aliphatic hydroxyl groups excluding tert-OH is 5. The van der Waals surface area contributed by atoms with E-state index in [1.165, 1.54) is 0 Å². The summed E-state index contributed by atoms with van der Waals surface area (Å²) in [4.78, 5) is 49.2. The summed E-state index contributed by atoms with van der Waals surface area (Å²) in [7, 11) is 0. The Kier molecular flexibility index (Phi) is 26.4. The SMILES string of the molecule is CCCCCC(O)C=CC1C(O)CC(=O)[C@@H]1CCCCCCCC(=O)OCC(O)COC(=O)CCCCCCC[C@H]1C(=O)CC(O)C1C=CC(O)CCCCC. The number of unbranched alkanes of at least 4 members (excludes halogenated alkanes) is 12. The van der Waals surface area contributed by atoms with Gasteiger partial charge in [-0.25, -0.2) is 0 Å². The third-order valence-corrected chi connectivity index (χ3v) is 11.4. The Morgan fingerprint density at radius 2 is 0.964 bits per heavy atom. The van der Waals surface area contributed by atoms with Crippen LogP contribution in [0.1, 0.15) is 168 Å². The highest BCUT2D eigenvalue weighted by molar-refractivity contribution is 5.85. The largest absolute Gasteiger partial charge is 0.463 e. The summed E-state index contributed by atoms with van der Waals surface area (Å²) < 4.78 is 10.3. The number of hydrogen-bond acceptors (Lipinski definition) is 11. The first-order chi connectivity index (χ1) is 27.0. The lowest BCUT2D eigenvalue weighted by Crippen LogP contribution is -2.25. The van der Waals surface area contributed by atoms with E-state index >= 15 is 0 Å². The maximum Gasteiger partial charge on any atom is 0.305 e. The van der Waals surface area contributed by atoms with Crippen LogP contribution in [-0.2, 0) is 28.7 Å². The Bertz CT molecular complexity index is 1080. The quantitative estimate of drug-likeness (QED) is 0.0268. The average molecular weight is 793 g/mol. The molecule has 2 aliphatic carbocycles. The van der Waals surface area contributed by atoms with Gasteiger partial charge in [0, 0.05) is 49.4 Å². The number of hydrogen-bond donors (Lipinski definition) is 5. The Hall–Kier alpha value is -2.44. The molecule has 0 radical (unpaired) electrons. The molecule has 8 atom stereocenters. The molecular formula is C45H76O11. The molecule has 2 aliphatic rings. The minimum absolute atomic E-state index is 0.0853. The van der Waals surface area contributed by atoms with Crippen molar-refractivity contribution >= 4 is 23.5 Å². The van der Waals surface area contributed by atoms with Gasteiger partial charge in [0.05, 0.1) is 24.4 Å². The van der Waals surface area contributed by atoms with Gasteiger partial charge in [0.25, 0.3) is 0 Å². The molecule has 5 N–H and O–H groups in total. The van der Waals surface area contributed by atoms with Crippen molar-refractivity contribution in [3.8, 4) is 0 Å². The molecule has 0 bridgehead atoms. The van der Waals surface area contributed by atoms with Gasteiger partial charge >= 0.3 is 11.9 Å². The third-order valence-electron chi connectivity index (χ3n) is 11.4. The van der Waals surface area contributed by atoms with Crippen molar-refractivity contribution in [3.05, 3.63) is 24.3 Å². The summed E-state index contributed by atoms with van der Waals surface area (Å²) >= 11 is 0. The minimum Gasteiger partial charge on any atom is -0.463 e. The second kappa shape index (κ2) is 29.7. The van der Waals surface area contributed by atoms with E-state index < -0.39 is 42.5 Å². The molecule has 11 heteroatoms. The molecule has 0 saturated heterocycles. The molecule has 0 aromatic heterocycles. The monoisotopic (exact) mass is 793 g/mol. The molecule has 0 aromatic carbocycles. The van der Waals surface area contributed by atoms with Gasteiger partial charge in [0.2, 0.25) is 0 Å². The topological polar surface area (TPSA) is 188 Å². The molecule has 322 valence electrons. The smallest absolute Gasteiger partial charge is 0.305 e. The molecule has 2 rings (SSSR count). The van der Waals surface area contributed by atoms with Crippen molar-refractivity contribution in [1.29, 1.82) is 0 Å². The number of ether oxygens (including phenoxy) is 2. The second-order valence-electron chi connectivity index (χ2n) is 16.4. The number of rotatable bonds is 32. The Labute approximate surface area is 336 Å². The zero-order valence-corrected chi connectivity index (χ0v) is 34.6. The fourth-order valence-corrected chi connectivity index (χ4v) is 8.00. The first kappa shape index (κ1) is 49.7. The highest BCUT2D eigenvalue weighted by Crippen LogP contribution is 2.36. The van der Waals surface area contributed by atoms with Gasteiger partial charge in [0.1, 0.15) is 30.9 Å². The number of ketones is 2. The zero-order chi connectivity index (χ0) is 41.1. The van der Waals surface area contributed by atoms with Crippen LogP contribution >= 0.6 is 0 Å². The van der Waals surface area contributed by atoms with Crippen LogP contribution in [0.3, 0.4) is 0 Å². The van der Waals surface area contributed by atoms with Gasteiger partial charge in [-0.1, -0.05) is 128 Å². The van der Waals surface area contributed by atoms with E-state index in [-0.39, 0.29) is 74.1 Å². The van der Waals surface area contributed by atoms with E-state index in [1.54, 1.807) is 12.2 Å². The molecule has 56 heavy (non-hydrogen) atoms. The number of Topliss-reactive ketones (excluding diaryl/α,β-unsaturated/α-hetero) is 2. The van der Waals surface area contributed by atoms with E-state index in [1.807, 2.05) is 12.2 Å². The average Bonchev–Trinajstić information content (AvgIpc) is 3.60. The Morgan fingerprint density at radius 3 is 1.36 bits per heavy atom. The van der Waals surface area contributed by atoms with Crippen LogP contribution in [0.4, 0.5) is 0 Å². The number of esters is 2. The molecule has 0 spiro atoms. The van der Waals surface area contributed by atoms with Gasteiger partial charge in [-0.15, -0.1) is 0 Å². The van der Waals surface area contributed by atoms with Crippen LogP contribution in [-0.4, -0.2) is 92.8 Å². The summed E-state index contributed by atoms with van der Waals surface area (Å²) in [5, 5.41) is 51.3. The van der Waals surface area contributed by atoms with Crippen LogP contribution < -0.4 is 0 Å². The maximum absolute atomic E-state index is 12.5. The van der Waals surface area contributed by atoms with Crippen LogP contribution in [0.15, 0.2) is 24.3 Å². The van der Waals surface area contributed by atoms with Crippen molar-refractivity contribution < 1.29 is 54.2 Å². The fourth-order valence-electron chi connectivity index (χ4n) is 8.00. The highest BCUT2D eigenvalue weighted by atomic mass is 16.6. The first-order valence-corrected chi connectivity index (χ1v) is 22.1. The molecule has 0 heterocycles. The molecule has 0 amide bonds. The lowest BCUT2D eigenvalue weighted by molar-refractivity contribution is -0.152. The van der Waals surface area contributed by atoms with Crippen molar-refractivity contribution in [3.63, 3.8) is 0 Å². The number of carbonyl (C=O) groups is 4. The maximum atomic E-state index is 12.5. The minimum atomic E-state index is -1.09. The predicted octanol–water partition coefficient (Wildman–Crippen LogP) is 7.02. The van der Waals surface area contributed by atoms with Gasteiger partial charge in [-0.2, -0.15) is 0 Å². The number of aliphatic hydroxyl groups is 5.